The van der Waals surface area contributed by atoms with E-state index in [0.717, 1.165) is 34.4 Å². The van der Waals surface area contributed by atoms with Crippen LogP contribution in [0, 0.1) is 13.8 Å². The SMILES string of the molecule is CCSC1CCCC1NCc1ncc(C)c(OC)c1C. The van der Waals surface area contributed by atoms with E-state index < -0.39 is 0 Å². The van der Waals surface area contributed by atoms with Gasteiger partial charge in [-0.25, -0.2) is 0 Å². The highest BCUT2D eigenvalue weighted by molar-refractivity contribution is 7.99. The molecular weight excluding hydrogens is 268 g/mol. The number of pyridine rings is 1. The number of aryl methyl sites for hydroxylation is 1. The predicted octanol–water partition coefficient (Wildman–Crippen LogP) is 3.47. The number of ether oxygens (including phenoxy) is 1. The molecule has 2 atom stereocenters. The lowest BCUT2D eigenvalue weighted by atomic mass is 10.1. The molecule has 1 saturated carbocycles. The lowest BCUT2D eigenvalue weighted by Gasteiger charge is -2.21. The molecule has 0 saturated heterocycles. The number of rotatable bonds is 6. The second-order valence-corrected chi connectivity index (χ2v) is 6.97. The van der Waals surface area contributed by atoms with Crippen molar-refractivity contribution in [1.29, 1.82) is 0 Å². The standard InChI is InChI=1S/C16H26N2OS/c1-5-20-15-8-6-7-13(15)18-10-14-12(3)16(19-4)11(2)9-17-14/h9,13,15,18H,5-8,10H2,1-4H3. The van der Waals surface area contributed by atoms with Crippen LogP contribution < -0.4 is 10.1 Å². The van der Waals surface area contributed by atoms with Crippen molar-refractivity contribution in [3.8, 4) is 5.75 Å². The number of hydrogen-bond donors (Lipinski definition) is 1. The fourth-order valence-corrected chi connectivity index (χ4v) is 4.28. The summed E-state index contributed by atoms with van der Waals surface area (Å²) >= 11 is 2.09. The molecule has 1 aliphatic carbocycles. The Hall–Kier alpha value is -0.740. The molecule has 2 unspecified atom stereocenters. The maximum Gasteiger partial charge on any atom is 0.128 e. The molecule has 0 spiro atoms. The maximum absolute atomic E-state index is 5.48. The number of nitrogens with one attached hydrogen (secondary N) is 1. The van der Waals surface area contributed by atoms with Gasteiger partial charge in [-0.3, -0.25) is 4.98 Å². The first kappa shape index (κ1) is 15.6. The van der Waals surface area contributed by atoms with Gasteiger partial charge in [-0.2, -0.15) is 11.8 Å². The molecule has 1 aromatic heterocycles. The Labute approximate surface area is 126 Å². The summed E-state index contributed by atoms with van der Waals surface area (Å²) in [5.41, 5.74) is 3.38. The van der Waals surface area contributed by atoms with Crippen molar-refractivity contribution in [1.82, 2.24) is 10.3 Å². The van der Waals surface area contributed by atoms with E-state index in [1.165, 1.54) is 25.0 Å². The van der Waals surface area contributed by atoms with Gasteiger partial charge >= 0.3 is 0 Å². The second-order valence-electron chi connectivity index (χ2n) is 5.46. The molecule has 0 radical (unpaired) electrons. The van der Waals surface area contributed by atoms with Gasteiger partial charge in [0.25, 0.3) is 0 Å². The van der Waals surface area contributed by atoms with Crippen LogP contribution in [0.25, 0.3) is 0 Å². The molecule has 20 heavy (non-hydrogen) atoms. The van der Waals surface area contributed by atoms with Gasteiger partial charge in [-0.1, -0.05) is 13.3 Å². The third-order valence-electron chi connectivity index (χ3n) is 4.11. The quantitative estimate of drug-likeness (QED) is 0.871. The molecule has 0 amide bonds. The van der Waals surface area contributed by atoms with Gasteiger partial charge in [-0.15, -0.1) is 0 Å². The number of methoxy groups -OCH3 is 1. The maximum atomic E-state index is 5.48. The zero-order chi connectivity index (χ0) is 14.5. The summed E-state index contributed by atoms with van der Waals surface area (Å²) in [5.74, 6) is 2.18. The predicted molar refractivity (Wildman–Crippen MR) is 86.7 cm³/mol. The van der Waals surface area contributed by atoms with Gasteiger partial charge < -0.3 is 10.1 Å². The van der Waals surface area contributed by atoms with Gasteiger partial charge in [-0.05, 0) is 32.4 Å². The Morgan fingerprint density at radius 2 is 2.20 bits per heavy atom. The summed E-state index contributed by atoms with van der Waals surface area (Å²) in [6.07, 6.45) is 5.90. The second kappa shape index (κ2) is 7.32. The summed E-state index contributed by atoms with van der Waals surface area (Å²) in [7, 11) is 1.73. The Morgan fingerprint density at radius 3 is 2.90 bits per heavy atom. The monoisotopic (exact) mass is 294 g/mol. The summed E-state index contributed by atoms with van der Waals surface area (Å²) < 4.78 is 5.48. The van der Waals surface area contributed by atoms with E-state index in [1.54, 1.807) is 7.11 Å². The highest BCUT2D eigenvalue weighted by Crippen LogP contribution is 2.30. The van der Waals surface area contributed by atoms with E-state index in [4.69, 9.17) is 4.74 Å². The smallest absolute Gasteiger partial charge is 0.128 e. The summed E-state index contributed by atoms with van der Waals surface area (Å²) in [4.78, 5) is 4.57. The van der Waals surface area contributed by atoms with Crippen molar-refractivity contribution in [2.24, 2.45) is 0 Å². The lowest BCUT2D eigenvalue weighted by molar-refractivity contribution is 0.406. The van der Waals surface area contributed by atoms with E-state index in [2.05, 4.69) is 35.9 Å². The molecule has 112 valence electrons. The van der Waals surface area contributed by atoms with Crippen LogP contribution in [0.5, 0.6) is 5.75 Å². The fraction of sp³-hybridized carbons (Fsp3) is 0.688. The van der Waals surface area contributed by atoms with E-state index in [-0.39, 0.29) is 0 Å². The molecule has 0 aromatic carbocycles. The fourth-order valence-electron chi connectivity index (χ4n) is 3.05. The third kappa shape index (κ3) is 3.47. The Kier molecular flexibility index (Phi) is 5.73. The van der Waals surface area contributed by atoms with Gasteiger partial charge in [0, 0.05) is 35.2 Å². The minimum Gasteiger partial charge on any atom is -0.496 e. The summed E-state index contributed by atoms with van der Waals surface area (Å²) in [6, 6.07) is 0.633. The van der Waals surface area contributed by atoms with Crippen LogP contribution in [0.3, 0.4) is 0 Å². The Bertz CT molecular complexity index is 450. The van der Waals surface area contributed by atoms with Gasteiger partial charge in [0.05, 0.1) is 12.8 Å². The number of aromatic nitrogens is 1. The van der Waals surface area contributed by atoms with Crippen molar-refractivity contribution >= 4 is 11.8 Å². The Morgan fingerprint density at radius 1 is 1.40 bits per heavy atom. The Balaban J connectivity index is 2.00. The summed E-state index contributed by atoms with van der Waals surface area (Å²) in [6.45, 7) is 7.23. The summed E-state index contributed by atoms with van der Waals surface area (Å²) in [5, 5.41) is 4.48. The molecule has 3 nitrogen and oxygen atoms in total. The van der Waals surface area contributed by atoms with Crippen LogP contribution in [0.4, 0.5) is 0 Å². The van der Waals surface area contributed by atoms with Crippen molar-refractivity contribution in [3.05, 3.63) is 23.0 Å². The van der Waals surface area contributed by atoms with E-state index >= 15 is 0 Å². The molecule has 1 fully saturated rings. The minimum absolute atomic E-state index is 0.633. The molecule has 0 aliphatic heterocycles. The third-order valence-corrected chi connectivity index (χ3v) is 5.44. The molecule has 1 aliphatic rings. The van der Waals surface area contributed by atoms with Crippen LogP contribution in [0.2, 0.25) is 0 Å². The van der Waals surface area contributed by atoms with E-state index in [0.29, 0.717) is 6.04 Å². The van der Waals surface area contributed by atoms with Crippen molar-refractivity contribution < 1.29 is 4.74 Å². The minimum atomic E-state index is 0.633. The van der Waals surface area contributed by atoms with Crippen molar-refractivity contribution in [3.63, 3.8) is 0 Å². The average molecular weight is 294 g/mol. The molecule has 1 aromatic rings. The highest BCUT2D eigenvalue weighted by Gasteiger charge is 2.26. The zero-order valence-corrected chi connectivity index (χ0v) is 13.8. The lowest BCUT2D eigenvalue weighted by Crippen LogP contribution is -2.34. The zero-order valence-electron chi connectivity index (χ0n) is 13.0. The first-order valence-electron chi connectivity index (χ1n) is 7.51. The number of nitrogens with zero attached hydrogens (tertiary/aromatic N) is 1. The van der Waals surface area contributed by atoms with Gasteiger partial charge in [0.2, 0.25) is 0 Å². The average Bonchev–Trinajstić information content (AvgIpc) is 2.86. The normalized spacial score (nSPS) is 22.2. The molecule has 0 bridgehead atoms. The van der Waals surface area contributed by atoms with Crippen molar-refractivity contribution in [2.45, 2.75) is 57.9 Å². The first-order valence-corrected chi connectivity index (χ1v) is 8.56. The van der Waals surface area contributed by atoms with Crippen LogP contribution in [-0.4, -0.2) is 29.1 Å². The highest BCUT2D eigenvalue weighted by atomic mass is 32.2. The topological polar surface area (TPSA) is 34.2 Å². The first-order chi connectivity index (χ1) is 9.67. The van der Waals surface area contributed by atoms with Crippen molar-refractivity contribution in [2.75, 3.05) is 12.9 Å². The molecule has 1 heterocycles. The van der Waals surface area contributed by atoms with Gasteiger partial charge in [0.1, 0.15) is 5.75 Å². The van der Waals surface area contributed by atoms with Crippen LogP contribution in [-0.2, 0) is 6.54 Å². The van der Waals surface area contributed by atoms with Crippen LogP contribution >= 0.6 is 11.8 Å². The molecule has 2 rings (SSSR count). The molecular formula is C16H26N2OS. The van der Waals surface area contributed by atoms with Crippen LogP contribution in [0.15, 0.2) is 6.20 Å². The molecule has 1 N–H and O–H groups in total. The molecule has 4 heteroatoms. The number of thioether (sulfide) groups is 1. The number of hydrogen-bond acceptors (Lipinski definition) is 4. The van der Waals surface area contributed by atoms with Crippen LogP contribution in [0.1, 0.15) is 43.0 Å². The van der Waals surface area contributed by atoms with E-state index in [9.17, 15) is 0 Å². The van der Waals surface area contributed by atoms with Gasteiger partial charge in [0.15, 0.2) is 0 Å². The van der Waals surface area contributed by atoms with E-state index in [1.807, 2.05) is 13.1 Å². The largest absolute Gasteiger partial charge is 0.496 e.